The summed E-state index contributed by atoms with van der Waals surface area (Å²) in [5, 5.41) is 17.3. The minimum atomic E-state index is -1.00. The molecule has 0 unspecified atom stereocenters. The van der Waals surface area contributed by atoms with E-state index in [1.807, 2.05) is 0 Å². The predicted molar refractivity (Wildman–Crippen MR) is 40.6 cm³/mol. The van der Waals surface area contributed by atoms with Crippen LogP contribution in [0.4, 0.5) is 0 Å². The molecular formula is C8H12O4. The zero-order chi connectivity index (χ0) is 9.52. The van der Waals surface area contributed by atoms with Crippen LogP contribution in [0, 0.1) is 17.3 Å². The summed E-state index contributed by atoms with van der Waals surface area (Å²) >= 11 is 0. The van der Waals surface area contributed by atoms with Gasteiger partial charge in [0.2, 0.25) is 0 Å². The van der Waals surface area contributed by atoms with Crippen molar-refractivity contribution >= 4 is 11.9 Å². The van der Waals surface area contributed by atoms with Gasteiger partial charge in [0.25, 0.3) is 0 Å². The second kappa shape index (κ2) is 2.47. The van der Waals surface area contributed by atoms with Gasteiger partial charge in [-0.1, -0.05) is 13.8 Å². The Morgan fingerprint density at radius 2 is 1.75 bits per heavy atom. The summed E-state index contributed by atoms with van der Waals surface area (Å²) in [6, 6.07) is 0. The average Bonchev–Trinajstić information content (AvgIpc) is 1.81. The third kappa shape index (κ3) is 1.17. The number of hydrogen-bond acceptors (Lipinski definition) is 2. The number of carbonyl (C=O) groups is 2. The number of carboxylic acid groups (broad SMARTS) is 2. The van der Waals surface area contributed by atoms with Crippen LogP contribution in [0.2, 0.25) is 0 Å². The molecule has 68 valence electrons. The van der Waals surface area contributed by atoms with Gasteiger partial charge in [0, 0.05) is 0 Å². The molecule has 0 aromatic carbocycles. The quantitative estimate of drug-likeness (QED) is 0.646. The normalized spacial score (nSPS) is 32.2. The van der Waals surface area contributed by atoms with Gasteiger partial charge >= 0.3 is 11.9 Å². The Morgan fingerprint density at radius 3 is 1.92 bits per heavy atom. The van der Waals surface area contributed by atoms with Gasteiger partial charge in [0.1, 0.15) is 0 Å². The molecule has 0 amide bonds. The van der Waals surface area contributed by atoms with Crippen molar-refractivity contribution < 1.29 is 19.8 Å². The van der Waals surface area contributed by atoms with Gasteiger partial charge in [-0.3, -0.25) is 9.59 Å². The molecular weight excluding hydrogens is 160 g/mol. The average molecular weight is 172 g/mol. The molecule has 0 radical (unpaired) electrons. The molecule has 1 fully saturated rings. The molecule has 2 atom stereocenters. The molecule has 0 bridgehead atoms. The lowest BCUT2D eigenvalue weighted by atomic mass is 9.55. The molecule has 0 saturated heterocycles. The van der Waals surface area contributed by atoms with E-state index in [4.69, 9.17) is 10.2 Å². The SMILES string of the molecule is CC1(C)C[C@H](C(=O)O)[C@@H]1C(=O)O. The molecule has 1 saturated carbocycles. The van der Waals surface area contributed by atoms with E-state index in [1.54, 1.807) is 13.8 Å². The standard InChI is InChI=1S/C8H12O4/c1-8(2)3-4(6(9)10)5(8)7(11)12/h4-5H,3H2,1-2H3,(H,9,10)(H,11,12)/t4-,5+/m0/s1. The van der Waals surface area contributed by atoms with Crippen LogP contribution < -0.4 is 0 Å². The van der Waals surface area contributed by atoms with Gasteiger partial charge in [0.05, 0.1) is 11.8 Å². The van der Waals surface area contributed by atoms with E-state index in [9.17, 15) is 9.59 Å². The Kier molecular flexibility index (Phi) is 1.86. The van der Waals surface area contributed by atoms with Gasteiger partial charge in [-0.15, -0.1) is 0 Å². The molecule has 4 heteroatoms. The maximum atomic E-state index is 10.6. The van der Waals surface area contributed by atoms with Gasteiger partial charge in [-0.2, -0.15) is 0 Å². The third-order valence-electron chi connectivity index (χ3n) is 2.57. The Morgan fingerprint density at radius 1 is 1.25 bits per heavy atom. The molecule has 12 heavy (non-hydrogen) atoms. The van der Waals surface area contributed by atoms with Crippen molar-refractivity contribution in [1.29, 1.82) is 0 Å². The fraction of sp³-hybridized carbons (Fsp3) is 0.750. The van der Waals surface area contributed by atoms with Crippen LogP contribution in [0.5, 0.6) is 0 Å². The fourth-order valence-corrected chi connectivity index (χ4v) is 1.93. The highest BCUT2D eigenvalue weighted by atomic mass is 16.4. The Balaban J connectivity index is 2.76. The van der Waals surface area contributed by atoms with E-state index in [-0.39, 0.29) is 5.41 Å². The molecule has 1 rings (SSSR count). The van der Waals surface area contributed by atoms with Crippen LogP contribution in [0.1, 0.15) is 20.3 Å². The Hall–Kier alpha value is -1.06. The van der Waals surface area contributed by atoms with Crippen molar-refractivity contribution in [3.8, 4) is 0 Å². The lowest BCUT2D eigenvalue weighted by molar-refractivity contribution is -0.173. The first-order valence-electron chi connectivity index (χ1n) is 3.82. The summed E-state index contributed by atoms with van der Waals surface area (Å²) < 4.78 is 0. The molecule has 2 N–H and O–H groups in total. The van der Waals surface area contributed by atoms with Gasteiger partial charge < -0.3 is 10.2 Å². The summed E-state index contributed by atoms with van der Waals surface area (Å²) in [6.07, 6.45) is 0.458. The molecule has 0 spiro atoms. The minimum Gasteiger partial charge on any atom is -0.481 e. The molecule has 1 aliphatic carbocycles. The first-order valence-corrected chi connectivity index (χ1v) is 3.82. The van der Waals surface area contributed by atoms with Crippen molar-refractivity contribution in [2.45, 2.75) is 20.3 Å². The Bertz CT molecular complexity index is 231. The summed E-state index contributed by atoms with van der Waals surface area (Å²) in [5.74, 6) is -3.42. The predicted octanol–water partition coefficient (Wildman–Crippen LogP) is 0.818. The largest absolute Gasteiger partial charge is 0.481 e. The van der Waals surface area contributed by atoms with Crippen LogP contribution in [-0.2, 0) is 9.59 Å². The van der Waals surface area contributed by atoms with E-state index >= 15 is 0 Å². The van der Waals surface area contributed by atoms with Crippen molar-refractivity contribution in [1.82, 2.24) is 0 Å². The van der Waals surface area contributed by atoms with E-state index < -0.39 is 23.8 Å². The molecule has 0 aromatic heterocycles. The molecule has 0 heterocycles. The van der Waals surface area contributed by atoms with Gasteiger partial charge in [-0.05, 0) is 11.8 Å². The summed E-state index contributed by atoms with van der Waals surface area (Å²) in [5.41, 5.74) is -0.366. The number of rotatable bonds is 2. The topological polar surface area (TPSA) is 74.6 Å². The van der Waals surface area contributed by atoms with Crippen LogP contribution in [-0.4, -0.2) is 22.2 Å². The first-order chi connectivity index (χ1) is 5.36. The highest BCUT2D eigenvalue weighted by molar-refractivity contribution is 5.82. The minimum absolute atomic E-state index is 0.366. The highest BCUT2D eigenvalue weighted by Crippen LogP contribution is 2.50. The van der Waals surface area contributed by atoms with Crippen molar-refractivity contribution in [3.63, 3.8) is 0 Å². The van der Waals surface area contributed by atoms with Crippen LogP contribution in [0.15, 0.2) is 0 Å². The lowest BCUT2D eigenvalue weighted by Gasteiger charge is -2.46. The zero-order valence-corrected chi connectivity index (χ0v) is 7.07. The second-order valence-corrected chi connectivity index (χ2v) is 3.95. The highest BCUT2D eigenvalue weighted by Gasteiger charge is 2.55. The first kappa shape index (κ1) is 9.03. The molecule has 0 aromatic rings. The van der Waals surface area contributed by atoms with E-state index in [2.05, 4.69) is 0 Å². The lowest BCUT2D eigenvalue weighted by Crippen LogP contribution is -2.51. The summed E-state index contributed by atoms with van der Waals surface area (Å²) in [4.78, 5) is 21.2. The number of aliphatic carboxylic acids is 2. The van der Waals surface area contributed by atoms with Gasteiger partial charge in [0.15, 0.2) is 0 Å². The maximum absolute atomic E-state index is 10.6. The summed E-state index contributed by atoms with van der Waals surface area (Å²) in [6.45, 7) is 3.57. The van der Waals surface area contributed by atoms with Crippen LogP contribution in [0.25, 0.3) is 0 Å². The maximum Gasteiger partial charge on any atom is 0.307 e. The Labute approximate surface area is 70.2 Å². The zero-order valence-electron chi connectivity index (χ0n) is 7.07. The van der Waals surface area contributed by atoms with Gasteiger partial charge in [-0.25, -0.2) is 0 Å². The van der Waals surface area contributed by atoms with Crippen molar-refractivity contribution in [2.24, 2.45) is 17.3 Å². The molecule has 1 aliphatic rings. The van der Waals surface area contributed by atoms with Crippen molar-refractivity contribution in [3.05, 3.63) is 0 Å². The van der Waals surface area contributed by atoms with E-state index in [1.165, 1.54) is 0 Å². The summed E-state index contributed by atoms with van der Waals surface area (Å²) in [7, 11) is 0. The number of hydrogen-bond donors (Lipinski definition) is 2. The van der Waals surface area contributed by atoms with Crippen molar-refractivity contribution in [2.75, 3.05) is 0 Å². The molecule has 4 nitrogen and oxygen atoms in total. The molecule has 0 aliphatic heterocycles. The van der Waals surface area contributed by atoms with E-state index in [0.717, 1.165) is 0 Å². The van der Waals surface area contributed by atoms with E-state index in [0.29, 0.717) is 6.42 Å². The number of carboxylic acids is 2. The third-order valence-corrected chi connectivity index (χ3v) is 2.57. The fourth-order valence-electron chi connectivity index (χ4n) is 1.93. The smallest absolute Gasteiger partial charge is 0.307 e. The van der Waals surface area contributed by atoms with Crippen LogP contribution in [0.3, 0.4) is 0 Å². The monoisotopic (exact) mass is 172 g/mol. The second-order valence-electron chi connectivity index (χ2n) is 3.95. The van der Waals surface area contributed by atoms with Crippen LogP contribution >= 0.6 is 0 Å².